The van der Waals surface area contributed by atoms with Gasteiger partial charge < -0.3 is 10.6 Å². The monoisotopic (exact) mass is 256 g/mol. The SMILES string of the molecule is NCCC1CCN(c2ncnc3ccccc23)CC1. The largest absolute Gasteiger partial charge is 0.356 e. The number of fused-ring (bicyclic) bond motifs is 1. The third kappa shape index (κ3) is 2.54. The van der Waals surface area contributed by atoms with Crippen molar-refractivity contribution in [2.75, 3.05) is 24.5 Å². The van der Waals surface area contributed by atoms with Gasteiger partial charge in [0.1, 0.15) is 12.1 Å². The maximum absolute atomic E-state index is 5.65. The summed E-state index contributed by atoms with van der Waals surface area (Å²) in [7, 11) is 0. The molecule has 0 saturated carbocycles. The third-order valence-corrected chi connectivity index (χ3v) is 4.01. The van der Waals surface area contributed by atoms with E-state index < -0.39 is 0 Å². The first-order valence-corrected chi connectivity index (χ1v) is 7.03. The number of anilines is 1. The molecule has 2 heterocycles. The highest BCUT2D eigenvalue weighted by Crippen LogP contribution is 2.27. The first-order valence-electron chi connectivity index (χ1n) is 7.03. The van der Waals surface area contributed by atoms with Crippen molar-refractivity contribution < 1.29 is 0 Å². The maximum atomic E-state index is 5.65. The molecule has 0 radical (unpaired) electrons. The lowest BCUT2D eigenvalue weighted by atomic mass is 9.93. The smallest absolute Gasteiger partial charge is 0.139 e. The molecule has 4 nitrogen and oxygen atoms in total. The van der Waals surface area contributed by atoms with Crippen molar-refractivity contribution in [1.29, 1.82) is 0 Å². The van der Waals surface area contributed by atoms with Crippen LogP contribution >= 0.6 is 0 Å². The molecule has 1 fully saturated rings. The van der Waals surface area contributed by atoms with E-state index in [0.29, 0.717) is 0 Å². The summed E-state index contributed by atoms with van der Waals surface area (Å²) in [6.07, 6.45) is 5.26. The lowest BCUT2D eigenvalue weighted by Gasteiger charge is -2.33. The van der Waals surface area contributed by atoms with Crippen LogP contribution in [0.4, 0.5) is 5.82 Å². The first-order chi connectivity index (χ1) is 9.38. The minimum absolute atomic E-state index is 0.786. The molecule has 19 heavy (non-hydrogen) atoms. The number of hydrogen-bond acceptors (Lipinski definition) is 4. The zero-order chi connectivity index (χ0) is 13.1. The normalized spacial score (nSPS) is 17.0. The lowest BCUT2D eigenvalue weighted by Crippen LogP contribution is -2.35. The van der Waals surface area contributed by atoms with Gasteiger partial charge in [-0.2, -0.15) is 0 Å². The van der Waals surface area contributed by atoms with Crippen molar-refractivity contribution in [3.8, 4) is 0 Å². The fourth-order valence-electron chi connectivity index (χ4n) is 2.91. The van der Waals surface area contributed by atoms with Crippen LogP contribution in [-0.4, -0.2) is 29.6 Å². The molecular weight excluding hydrogens is 236 g/mol. The average molecular weight is 256 g/mol. The van der Waals surface area contributed by atoms with E-state index in [1.807, 2.05) is 12.1 Å². The Balaban J connectivity index is 1.82. The number of hydrogen-bond donors (Lipinski definition) is 1. The average Bonchev–Trinajstić information content (AvgIpc) is 2.48. The van der Waals surface area contributed by atoms with Gasteiger partial charge in [0.15, 0.2) is 0 Å². The Labute approximate surface area is 113 Å². The lowest BCUT2D eigenvalue weighted by molar-refractivity contribution is 0.385. The number of rotatable bonds is 3. The Morgan fingerprint density at radius 1 is 1.16 bits per heavy atom. The quantitative estimate of drug-likeness (QED) is 0.914. The molecule has 0 amide bonds. The van der Waals surface area contributed by atoms with E-state index in [1.54, 1.807) is 6.33 Å². The van der Waals surface area contributed by atoms with E-state index in [-0.39, 0.29) is 0 Å². The Morgan fingerprint density at radius 2 is 1.95 bits per heavy atom. The molecule has 1 aromatic heterocycles. The molecule has 1 aromatic carbocycles. The van der Waals surface area contributed by atoms with Crippen molar-refractivity contribution in [2.45, 2.75) is 19.3 Å². The molecule has 0 aliphatic carbocycles. The molecule has 1 saturated heterocycles. The summed E-state index contributed by atoms with van der Waals surface area (Å²) in [5.74, 6) is 1.87. The first kappa shape index (κ1) is 12.4. The molecule has 4 heteroatoms. The summed E-state index contributed by atoms with van der Waals surface area (Å²) in [6.45, 7) is 2.96. The summed E-state index contributed by atoms with van der Waals surface area (Å²) in [6, 6.07) is 8.22. The van der Waals surface area contributed by atoms with Crippen LogP contribution in [0.3, 0.4) is 0 Å². The topological polar surface area (TPSA) is 55.0 Å². The molecular formula is C15H20N4. The predicted molar refractivity (Wildman–Crippen MR) is 78.1 cm³/mol. The van der Waals surface area contributed by atoms with Crippen molar-refractivity contribution in [2.24, 2.45) is 11.7 Å². The summed E-state index contributed by atoms with van der Waals surface area (Å²) < 4.78 is 0. The number of aromatic nitrogens is 2. The molecule has 0 unspecified atom stereocenters. The van der Waals surface area contributed by atoms with Crippen LogP contribution in [0.2, 0.25) is 0 Å². The number of piperidine rings is 1. The second-order valence-corrected chi connectivity index (χ2v) is 5.22. The molecule has 0 bridgehead atoms. The van der Waals surface area contributed by atoms with E-state index in [1.165, 1.54) is 12.8 Å². The number of nitrogens with zero attached hydrogens (tertiary/aromatic N) is 3. The maximum Gasteiger partial charge on any atom is 0.139 e. The fraction of sp³-hybridized carbons (Fsp3) is 0.467. The molecule has 2 N–H and O–H groups in total. The van der Waals surface area contributed by atoms with Gasteiger partial charge in [0.25, 0.3) is 0 Å². The Hall–Kier alpha value is -1.68. The molecule has 2 aromatic rings. The standard InChI is InChI=1S/C15H20N4/c16-8-5-12-6-9-19(10-7-12)15-13-3-1-2-4-14(13)17-11-18-15/h1-4,11-12H,5-10,16H2. The van der Waals surface area contributed by atoms with Crippen LogP contribution in [0.15, 0.2) is 30.6 Å². The number of benzene rings is 1. The van der Waals surface area contributed by atoms with Crippen LogP contribution in [0, 0.1) is 5.92 Å². The van der Waals surface area contributed by atoms with Crippen LogP contribution in [0.1, 0.15) is 19.3 Å². The zero-order valence-electron chi connectivity index (χ0n) is 11.1. The molecule has 3 rings (SSSR count). The molecule has 0 atom stereocenters. The van der Waals surface area contributed by atoms with Crippen molar-refractivity contribution in [3.05, 3.63) is 30.6 Å². The molecule has 1 aliphatic heterocycles. The van der Waals surface area contributed by atoms with Crippen LogP contribution in [0.5, 0.6) is 0 Å². The number of nitrogens with two attached hydrogens (primary N) is 1. The summed E-state index contributed by atoms with van der Waals surface area (Å²) in [5, 5.41) is 1.15. The van der Waals surface area contributed by atoms with E-state index >= 15 is 0 Å². The summed E-state index contributed by atoms with van der Waals surface area (Å²) in [5.41, 5.74) is 6.67. The van der Waals surface area contributed by atoms with Gasteiger partial charge in [-0.15, -0.1) is 0 Å². The van der Waals surface area contributed by atoms with Crippen molar-refractivity contribution in [1.82, 2.24) is 9.97 Å². The van der Waals surface area contributed by atoms with Gasteiger partial charge in [-0.3, -0.25) is 0 Å². The van der Waals surface area contributed by atoms with Crippen LogP contribution in [-0.2, 0) is 0 Å². The highest BCUT2D eigenvalue weighted by Gasteiger charge is 2.20. The zero-order valence-corrected chi connectivity index (χ0v) is 11.1. The van der Waals surface area contributed by atoms with Crippen molar-refractivity contribution >= 4 is 16.7 Å². The highest BCUT2D eigenvalue weighted by molar-refractivity contribution is 5.89. The van der Waals surface area contributed by atoms with Gasteiger partial charge >= 0.3 is 0 Å². The highest BCUT2D eigenvalue weighted by atomic mass is 15.2. The number of para-hydroxylation sites is 1. The van der Waals surface area contributed by atoms with Gasteiger partial charge in [0, 0.05) is 18.5 Å². The molecule has 0 spiro atoms. The summed E-state index contributed by atoms with van der Waals surface area (Å²) >= 11 is 0. The minimum atomic E-state index is 0.786. The van der Waals surface area contributed by atoms with Gasteiger partial charge in [-0.1, -0.05) is 12.1 Å². The molecule has 1 aliphatic rings. The molecule has 100 valence electrons. The van der Waals surface area contributed by atoms with E-state index in [9.17, 15) is 0 Å². The van der Waals surface area contributed by atoms with E-state index in [4.69, 9.17) is 5.73 Å². The predicted octanol–water partition coefficient (Wildman–Crippen LogP) is 2.20. The minimum Gasteiger partial charge on any atom is -0.356 e. The van der Waals surface area contributed by atoms with Crippen LogP contribution < -0.4 is 10.6 Å². The fourth-order valence-corrected chi connectivity index (χ4v) is 2.91. The Bertz CT molecular complexity index is 541. The van der Waals surface area contributed by atoms with E-state index in [0.717, 1.165) is 48.7 Å². The van der Waals surface area contributed by atoms with E-state index in [2.05, 4.69) is 27.0 Å². The second-order valence-electron chi connectivity index (χ2n) is 5.22. The van der Waals surface area contributed by atoms with Gasteiger partial charge in [0.2, 0.25) is 0 Å². The Morgan fingerprint density at radius 3 is 2.74 bits per heavy atom. The summed E-state index contributed by atoms with van der Waals surface area (Å²) in [4.78, 5) is 11.2. The van der Waals surface area contributed by atoms with Gasteiger partial charge in [0.05, 0.1) is 5.52 Å². The Kier molecular flexibility index (Phi) is 3.60. The second kappa shape index (κ2) is 5.53. The third-order valence-electron chi connectivity index (χ3n) is 4.01. The van der Waals surface area contributed by atoms with Crippen LogP contribution in [0.25, 0.3) is 10.9 Å². The van der Waals surface area contributed by atoms with Crippen molar-refractivity contribution in [3.63, 3.8) is 0 Å². The van der Waals surface area contributed by atoms with Gasteiger partial charge in [-0.05, 0) is 43.9 Å². The van der Waals surface area contributed by atoms with Gasteiger partial charge in [-0.25, -0.2) is 9.97 Å².